The highest BCUT2D eigenvalue weighted by atomic mass is 35.5. The fraction of sp³-hybridized carbons (Fsp3) is 0.500. The first kappa shape index (κ1) is 16.0. The SMILES string of the molecule is COC[C@H](C)NC(=O)CN(C)Cc1cccc(Cl)c1. The average molecular weight is 285 g/mol. The van der Waals surface area contributed by atoms with E-state index in [1.807, 2.05) is 43.1 Å². The van der Waals surface area contributed by atoms with Crippen LogP contribution in [0.15, 0.2) is 24.3 Å². The van der Waals surface area contributed by atoms with E-state index in [0.29, 0.717) is 24.7 Å². The molecular formula is C14H21ClN2O2. The second-order valence-electron chi connectivity index (χ2n) is 4.73. The first-order valence-electron chi connectivity index (χ1n) is 6.22. The molecule has 0 aromatic heterocycles. The summed E-state index contributed by atoms with van der Waals surface area (Å²) in [6, 6.07) is 7.67. The van der Waals surface area contributed by atoms with Crippen LogP contribution in [0.25, 0.3) is 0 Å². The fourth-order valence-electron chi connectivity index (χ4n) is 1.86. The number of halogens is 1. The van der Waals surface area contributed by atoms with Gasteiger partial charge in [-0.3, -0.25) is 9.69 Å². The van der Waals surface area contributed by atoms with Crippen LogP contribution in [0.1, 0.15) is 12.5 Å². The van der Waals surface area contributed by atoms with E-state index in [2.05, 4.69) is 5.32 Å². The van der Waals surface area contributed by atoms with Gasteiger partial charge in [-0.15, -0.1) is 0 Å². The van der Waals surface area contributed by atoms with Gasteiger partial charge in [0.2, 0.25) is 5.91 Å². The molecule has 0 fully saturated rings. The number of hydrogen-bond donors (Lipinski definition) is 1. The number of hydrogen-bond acceptors (Lipinski definition) is 3. The Hall–Kier alpha value is -1.10. The lowest BCUT2D eigenvalue weighted by atomic mass is 10.2. The summed E-state index contributed by atoms with van der Waals surface area (Å²) in [4.78, 5) is 13.7. The molecule has 0 radical (unpaired) electrons. The van der Waals surface area contributed by atoms with Crippen LogP contribution >= 0.6 is 11.6 Å². The summed E-state index contributed by atoms with van der Waals surface area (Å²) in [5.41, 5.74) is 1.09. The van der Waals surface area contributed by atoms with Crippen LogP contribution < -0.4 is 5.32 Å². The Bertz CT molecular complexity index is 412. The molecule has 0 saturated carbocycles. The molecule has 0 heterocycles. The summed E-state index contributed by atoms with van der Waals surface area (Å²) in [5, 5.41) is 3.59. The number of benzene rings is 1. The summed E-state index contributed by atoms with van der Waals surface area (Å²) >= 11 is 5.93. The molecule has 5 heteroatoms. The van der Waals surface area contributed by atoms with Crippen molar-refractivity contribution in [3.05, 3.63) is 34.9 Å². The third-order valence-electron chi connectivity index (χ3n) is 2.58. The predicted octanol–water partition coefficient (Wildman–Crippen LogP) is 1.92. The van der Waals surface area contributed by atoms with Crippen molar-refractivity contribution in [2.75, 3.05) is 27.3 Å². The number of carbonyl (C=O) groups is 1. The van der Waals surface area contributed by atoms with Crippen molar-refractivity contribution in [2.24, 2.45) is 0 Å². The van der Waals surface area contributed by atoms with Crippen molar-refractivity contribution in [2.45, 2.75) is 19.5 Å². The minimum absolute atomic E-state index is 0.00548. The fourth-order valence-corrected chi connectivity index (χ4v) is 2.07. The number of ether oxygens (including phenoxy) is 1. The number of likely N-dealkylation sites (N-methyl/N-ethyl adjacent to an activating group) is 1. The summed E-state index contributed by atoms with van der Waals surface area (Å²) < 4.78 is 4.98. The summed E-state index contributed by atoms with van der Waals surface area (Å²) in [6.45, 7) is 3.47. The van der Waals surface area contributed by atoms with E-state index in [9.17, 15) is 4.79 Å². The lowest BCUT2D eigenvalue weighted by Crippen LogP contribution is -2.41. The predicted molar refractivity (Wildman–Crippen MR) is 77.3 cm³/mol. The molecule has 0 aliphatic rings. The average Bonchev–Trinajstić information content (AvgIpc) is 2.28. The molecule has 1 amide bonds. The van der Waals surface area contributed by atoms with Gasteiger partial charge in [0.15, 0.2) is 0 Å². The van der Waals surface area contributed by atoms with E-state index in [1.165, 1.54) is 0 Å². The number of nitrogens with zero attached hydrogens (tertiary/aromatic N) is 1. The van der Waals surface area contributed by atoms with Crippen molar-refractivity contribution in [1.82, 2.24) is 10.2 Å². The molecule has 1 aromatic rings. The monoisotopic (exact) mass is 284 g/mol. The van der Waals surface area contributed by atoms with Gasteiger partial charge in [-0.2, -0.15) is 0 Å². The normalized spacial score (nSPS) is 12.5. The first-order chi connectivity index (χ1) is 9.01. The Morgan fingerprint density at radius 3 is 2.89 bits per heavy atom. The topological polar surface area (TPSA) is 41.6 Å². The van der Waals surface area contributed by atoms with Crippen LogP contribution in [-0.2, 0) is 16.1 Å². The Kier molecular flexibility index (Phi) is 6.84. The van der Waals surface area contributed by atoms with Gasteiger partial charge in [0, 0.05) is 24.7 Å². The standard InChI is InChI=1S/C14H21ClN2O2/c1-11(10-19-3)16-14(18)9-17(2)8-12-5-4-6-13(15)7-12/h4-7,11H,8-10H2,1-3H3,(H,16,18)/t11-/m0/s1. The van der Waals surface area contributed by atoms with Gasteiger partial charge < -0.3 is 10.1 Å². The Morgan fingerprint density at radius 2 is 2.26 bits per heavy atom. The Balaban J connectivity index is 2.38. The Labute approximate surface area is 119 Å². The van der Waals surface area contributed by atoms with Gasteiger partial charge >= 0.3 is 0 Å². The van der Waals surface area contributed by atoms with Crippen molar-refractivity contribution in [1.29, 1.82) is 0 Å². The van der Waals surface area contributed by atoms with Crippen LogP contribution in [-0.4, -0.2) is 44.2 Å². The molecule has 0 saturated heterocycles. The van der Waals surface area contributed by atoms with Crippen LogP contribution in [0.5, 0.6) is 0 Å². The minimum Gasteiger partial charge on any atom is -0.383 e. The maximum absolute atomic E-state index is 11.8. The molecule has 0 unspecified atom stereocenters. The van der Waals surface area contributed by atoms with Gasteiger partial charge in [-0.25, -0.2) is 0 Å². The van der Waals surface area contributed by atoms with Crippen molar-refractivity contribution in [3.63, 3.8) is 0 Å². The molecule has 1 atom stereocenters. The third-order valence-corrected chi connectivity index (χ3v) is 2.81. The lowest BCUT2D eigenvalue weighted by molar-refractivity contribution is -0.123. The second kappa shape index (κ2) is 8.15. The summed E-state index contributed by atoms with van der Waals surface area (Å²) in [5.74, 6) is -0.00548. The van der Waals surface area contributed by atoms with Gasteiger partial charge in [-0.05, 0) is 31.7 Å². The Morgan fingerprint density at radius 1 is 1.53 bits per heavy atom. The van der Waals surface area contributed by atoms with Crippen LogP contribution in [0.3, 0.4) is 0 Å². The van der Waals surface area contributed by atoms with Crippen molar-refractivity contribution in [3.8, 4) is 0 Å². The molecule has 1 rings (SSSR count). The highest BCUT2D eigenvalue weighted by Gasteiger charge is 2.10. The molecule has 1 aromatic carbocycles. The lowest BCUT2D eigenvalue weighted by Gasteiger charge is -2.18. The second-order valence-corrected chi connectivity index (χ2v) is 5.16. The molecule has 4 nitrogen and oxygen atoms in total. The third kappa shape index (κ3) is 6.57. The van der Waals surface area contributed by atoms with E-state index < -0.39 is 0 Å². The maximum Gasteiger partial charge on any atom is 0.234 e. The first-order valence-corrected chi connectivity index (χ1v) is 6.60. The van der Waals surface area contributed by atoms with Crippen molar-refractivity contribution < 1.29 is 9.53 Å². The van der Waals surface area contributed by atoms with Gasteiger partial charge in [-0.1, -0.05) is 23.7 Å². The van der Waals surface area contributed by atoms with Gasteiger partial charge in [0.05, 0.1) is 13.2 Å². The summed E-state index contributed by atoms with van der Waals surface area (Å²) in [6.07, 6.45) is 0. The zero-order chi connectivity index (χ0) is 14.3. The molecule has 0 spiro atoms. The van der Waals surface area contributed by atoms with E-state index >= 15 is 0 Å². The van der Waals surface area contributed by atoms with E-state index in [1.54, 1.807) is 7.11 Å². The molecule has 19 heavy (non-hydrogen) atoms. The van der Waals surface area contributed by atoms with Gasteiger partial charge in [0.1, 0.15) is 0 Å². The smallest absolute Gasteiger partial charge is 0.234 e. The quantitative estimate of drug-likeness (QED) is 0.832. The van der Waals surface area contributed by atoms with Crippen LogP contribution in [0.2, 0.25) is 5.02 Å². The van der Waals surface area contributed by atoms with E-state index in [4.69, 9.17) is 16.3 Å². The van der Waals surface area contributed by atoms with E-state index in [0.717, 1.165) is 5.56 Å². The molecule has 0 bridgehead atoms. The van der Waals surface area contributed by atoms with Crippen LogP contribution in [0.4, 0.5) is 0 Å². The highest BCUT2D eigenvalue weighted by Crippen LogP contribution is 2.11. The molecule has 0 aliphatic heterocycles. The summed E-state index contributed by atoms with van der Waals surface area (Å²) in [7, 11) is 3.52. The number of methoxy groups -OCH3 is 1. The molecule has 1 N–H and O–H groups in total. The van der Waals surface area contributed by atoms with Gasteiger partial charge in [0.25, 0.3) is 0 Å². The number of amides is 1. The zero-order valence-corrected chi connectivity index (χ0v) is 12.4. The number of nitrogens with one attached hydrogen (secondary N) is 1. The number of rotatable bonds is 7. The molecule has 0 aliphatic carbocycles. The number of carbonyl (C=O) groups excluding carboxylic acids is 1. The highest BCUT2D eigenvalue weighted by molar-refractivity contribution is 6.30. The zero-order valence-electron chi connectivity index (χ0n) is 11.6. The van der Waals surface area contributed by atoms with Crippen molar-refractivity contribution >= 4 is 17.5 Å². The largest absolute Gasteiger partial charge is 0.383 e. The molecular weight excluding hydrogens is 264 g/mol. The molecule has 106 valence electrons. The van der Waals surface area contributed by atoms with Crippen LogP contribution in [0, 0.1) is 0 Å². The van der Waals surface area contributed by atoms with E-state index in [-0.39, 0.29) is 11.9 Å². The maximum atomic E-state index is 11.8. The minimum atomic E-state index is -0.00548.